The highest BCUT2D eigenvalue weighted by Gasteiger charge is 2.34. The summed E-state index contributed by atoms with van der Waals surface area (Å²) >= 11 is 0. The average Bonchev–Trinajstić information content (AvgIpc) is 2.19. The Hall–Kier alpha value is 0.0969. The first-order valence-corrected chi connectivity index (χ1v) is 6.85. The van der Waals surface area contributed by atoms with Gasteiger partial charge in [-0.2, -0.15) is 0 Å². The van der Waals surface area contributed by atoms with Gasteiger partial charge in [0.1, 0.15) is 6.10 Å². The summed E-state index contributed by atoms with van der Waals surface area (Å²) in [5.74, 6) is 0. The molecular formula is C11H25O3Si. The summed E-state index contributed by atoms with van der Waals surface area (Å²) in [6.07, 6.45) is 3.06. The van der Waals surface area contributed by atoms with Crippen molar-refractivity contribution < 1.29 is 14.2 Å². The molecule has 1 atom stereocenters. The van der Waals surface area contributed by atoms with E-state index in [0.717, 1.165) is 35.8 Å². The molecule has 0 heterocycles. The fraction of sp³-hybridized carbons (Fsp3) is 0.909. The fourth-order valence-electron chi connectivity index (χ4n) is 1.28. The van der Waals surface area contributed by atoms with E-state index in [9.17, 15) is 0 Å². The molecule has 0 bridgehead atoms. The predicted molar refractivity (Wildman–Crippen MR) is 65.7 cm³/mol. The monoisotopic (exact) mass is 233 g/mol. The number of unbranched alkanes of at least 4 members (excludes halogenated alkanes) is 1. The van der Waals surface area contributed by atoms with Gasteiger partial charge in [0.2, 0.25) is 0 Å². The van der Waals surface area contributed by atoms with Gasteiger partial charge in [-0.3, -0.25) is 0 Å². The van der Waals surface area contributed by atoms with Crippen LogP contribution in [-0.4, -0.2) is 35.5 Å². The molecular weight excluding hydrogens is 208 g/mol. The van der Waals surface area contributed by atoms with Crippen molar-refractivity contribution in [3.8, 4) is 0 Å². The minimum absolute atomic E-state index is 0.556. The van der Waals surface area contributed by atoms with Crippen molar-refractivity contribution in [3.05, 3.63) is 6.10 Å². The van der Waals surface area contributed by atoms with Crippen molar-refractivity contribution >= 4 is 10.2 Å². The van der Waals surface area contributed by atoms with E-state index in [1.54, 1.807) is 0 Å². The Kier molecular flexibility index (Phi) is 8.33. The van der Waals surface area contributed by atoms with E-state index in [1.165, 1.54) is 0 Å². The molecule has 0 rings (SSSR count). The van der Waals surface area contributed by atoms with E-state index >= 15 is 0 Å². The Morgan fingerprint density at radius 3 is 2.27 bits per heavy atom. The maximum Gasteiger partial charge on any atom is 0.172 e. The van der Waals surface area contributed by atoms with Crippen molar-refractivity contribution in [2.24, 2.45) is 0 Å². The van der Waals surface area contributed by atoms with Crippen LogP contribution in [0.4, 0.5) is 0 Å². The van der Waals surface area contributed by atoms with Crippen molar-refractivity contribution in [1.82, 2.24) is 0 Å². The molecule has 15 heavy (non-hydrogen) atoms. The van der Waals surface area contributed by atoms with E-state index in [4.69, 9.17) is 14.2 Å². The smallest absolute Gasteiger partial charge is 0.172 e. The third kappa shape index (κ3) is 5.66. The Balaban J connectivity index is 4.16. The van der Waals surface area contributed by atoms with Crippen LogP contribution in [-0.2, 0) is 14.2 Å². The molecule has 0 amide bonds. The molecule has 0 spiro atoms. The highest BCUT2D eigenvalue weighted by atomic mass is 28.1. The van der Waals surface area contributed by atoms with Crippen LogP contribution < -0.4 is 0 Å². The van der Waals surface area contributed by atoms with Crippen LogP contribution in [0.3, 0.4) is 0 Å². The zero-order valence-corrected chi connectivity index (χ0v) is 12.8. The fourth-order valence-corrected chi connectivity index (χ4v) is 1.92. The van der Waals surface area contributed by atoms with Gasteiger partial charge in [-0.25, -0.2) is 0 Å². The lowest BCUT2D eigenvalue weighted by molar-refractivity contribution is -0.196. The first kappa shape index (κ1) is 15.1. The molecule has 4 heteroatoms. The lowest BCUT2D eigenvalue weighted by atomic mass is 10.3. The molecule has 0 N–H and O–H groups in total. The van der Waals surface area contributed by atoms with Gasteiger partial charge in [0.25, 0.3) is 0 Å². The zero-order chi connectivity index (χ0) is 11.7. The van der Waals surface area contributed by atoms with Gasteiger partial charge in [-0.15, -0.1) is 0 Å². The third-order valence-corrected chi connectivity index (χ3v) is 3.58. The Labute approximate surface area is 96.9 Å². The largest absolute Gasteiger partial charge is 0.367 e. The summed E-state index contributed by atoms with van der Waals surface area (Å²) in [6, 6.07) is 0. The highest BCUT2D eigenvalue weighted by Crippen LogP contribution is 2.23. The van der Waals surface area contributed by atoms with Gasteiger partial charge in [0.05, 0.1) is 10.2 Å². The van der Waals surface area contributed by atoms with Crippen LogP contribution in [0, 0.1) is 6.10 Å². The second-order valence-corrected chi connectivity index (χ2v) is 4.89. The Morgan fingerprint density at radius 1 is 1.13 bits per heavy atom. The first-order chi connectivity index (χ1) is 7.10. The first-order valence-electron chi connectivity index (χ1n) is 5.85. The van der Waals surface area contributed by atoms with Crippen molar-refractivity contribution in [3.63, 3.8) is 0 Å². The molecule has 0 fully saturated rings. The predicted octanol–water partition coefficient (Wildman–Crippen LogP) is 1.45. The lowest BCUT2D eigenvalue weighted by Gasteiger charge is -2.34. The molecule has 0 aliphatic carbocycles. The van der Waals surface area contributed by atoms with Gasteiger partial charge >= 0.3 is 0 Å². The summed E-state index contributed by atoms with van der Waals surface area (Å²) in [6.45, 7) is 10.1. The van der Waals surface area contributed by atoms with Crippen molar-refractivity contribution in [1.29, 1.82) is 0 Å². The second kappa shape index (κ2) is 8.27. The molecule has 0 saturated carbocycles. The van der Waals surface area contributed by atoms with Crippen LogP contribution >= 0.6 is 0 Å². The van der Waals surface area contributed by atoms with E-state index in [-0.39, 0.29) is 0 Å². The standard InChI is InChI=1S/C11H25O3Si/c1-5-8-9-14-11(15,13-7-3)10(4)12-6-2/h5-9H2,1-4,15H3. The van der Waals surface area contributed by atoms with Crippen LogP contribution in [0.2, 0.25) is 0 Å². The van der Waals surface area contributed by atoms with E-state index in [2.05, 4.69) is 6.92 Å². The summed E-state index contributed by atoms with van der Waals surface area (Å²) in [5.41, 5.74) is -0.556. The van der Waals surface area contributed by atoms with E-state index in [1.807, 2.05) is 20.8 Å². The summed E-state index contributed by atoms with van der Waals surface area (Å²) in [4.78, 5) is 0. The van der Waals surface area contributed by atoms with Gasteiger partial charge in [-0.05, 0) is 27.2 Å². The van der Waals surface area contributed by atoms with Gasteiger partial charge in [-0.1, -0.05) is 13.3 Å². The molecule has 0 aromatic carbocycles. The summed E-state index contributed by atoms with van der Waals surface area (Å²) in [7, 11) is 0.786. The zero-order valence-electron chi connectivity index (χ0n) is 10.8. The minimum Gasteiger partial charge on any atom is -0.367 e. The van der Waals surface area contributed by atoms with Gasteiger partial charge < -0.3 is 14.2 Å². The molecule has 0 aromatic heterocycles. The van der Waals surface area contributed by atoms with E-state index < -0.39 is 5.41 Å². The van der Waals surface area contributed by atoms with Crippen LogP contribution in [0.5, 0.6) is 0 Å². The number of ether oxygens (including phenoxy) is 3. The Bertz CT molecular complexity index is 155. The average molecular weight is 233 g/mol. The molecule has 0 aromatic rings. The van der Waals surface area contributed by atoms with Crippen molar-refractivity contribution in [2.75, 3.05) is 19.8 Å². The quantitative estimate of drug-likeness (QED) is 0.343. The maximum atomic E-state index is 5.80. The SMILES string of the molecule is CCCCOC([SiH3])(OCC)[C](C)OCC. The van der Waals surface area contributed by atoms with Crippen LogP contribution in [0.15, 0.2) is 0 Å². The summed E-state index contributed by atoms with van der Waals surface area (Å²) in [5, 5.41) is 0. The Morgan fingerprint density at radius 2 is 1.80 bits per heavy atom. The van der Waals surface area contributed by atoms with Gasteiger partial charge in [0, 0.05) is 19.8 Å². The molecule has 0 aliphatic heterocycles. The normalized spacial score (nSPS) is 15.8. The molecule has 3 nitrogen and oxygen atoms in total. The molecule has 0 saturated heterocycles. The van der Waals surface area contributed by atoms with E-state index in [0.29, 0.717) is 13.2 Å². The molecule has 1 radical (unpaired) electrons. The summed E-state index contributed by atoms with van der Waals surface area (Å²) < 4.78 is 17.0. The van der Waals surface area contributed by atoms with Crippen LogP contribution in [0.1, 0.15) is 40.5 Å². The maximum absolute atomic E-state index is 5.80. The molecule has 1 unspecified atom stereocenters. The number of rotatable bonds is 9. The third-order valence-electron chi connectivity index (χ3n) is 2.30. The molecule has 0 aliphatic rings. The second-order valence-electron chi connectivity index (χ2n) is 3.57. The number of hydrogen-bond donors (Lipinski definition) is 0. The highest BCUT2D eigenvalue weighted by molar-refractivity contribution is 6.14. The van der Waals surface area contributed by atoms with Crippen molar-refractivity contribution in [2.45, 2.75) is 45.9 Å². The molecule has 91 valence electrons. The topological polar surface area (TPSA) is 27.7 Å². The van der Waals surface area contributed by atoms with Crippen LogP contribution in [0.25, 0.3) is 0 Å². The minimum atomic E-state index is -0.556. The van der Waals surface area contributed by atoms with Gasteiger partial charge in [0.15, 0.2) is 5.41 Å². The lowest BCUT2D eigenvalue weighted by Crippen LogP contribution is -2.43. The number of hydrogen-bond acceptors (Lipinski definition) is 3.